The van der Waals surface area contributed by atoms with E-state index in [1.54, 1.807) is 14.2 Å². The fourth-order valence-corrected chi connectivity index (χ4v) is 3.71. The lowest BCUT2D eigenvalue weighted by atomic mass is 9.84. The van der Waals surface area contributed by atoms with Crippen LogP contribution in [0, 0.1) is 13.8 Å². The van der Waals surface area contributed by atoms with Gasteiger partial charge in [0.15, 0.2) is 5.78 Å². The van der Waals surface area contributed by atoms with E-state index >= 15 is 0 Å². The fraction of sp³-hybridized carbons (Fsp3) is 0.182. The molecule has 0 saturated carbocycles. The van der Waals surface area contributed by atoms with E-state index < -0.39 is 0 Å². The number of nitrogens with zero attached hydrogens (tertiary/aromatic N) is 1. The topological polar surface area (TPSA) is 48.4 Å². The van der Waals surface area contributed by atoms with E-state index in [0.717, 1.165) is 33.6 Å². The average Bonchev–Trinajstić information content (AvgIpc) is 2.65. The normalized spacial score (nSPS) is 11.9. The van der Waals surface area contributed by atoms with Gasteiger partial charge in [-0.1, -0.05) is 24.3 Å². The largest absolute Gasteiger partial charge is 0.496 e. The van der Waals surface area contributed by atoms with Crippen molar-refractivity contribution >= 4 is 5.78 Å². The molecule has 2 bridgehead atoms. The summed E-state index contributed by atoms with van der Waals surface area (Å²) in [7, 11) is 3.24. The molecule has 2 aromatic carbocycles. The minimum atomic E-state index is -0.0431. The summed E-state index contributed by atoms with van der Waals surface area (Å²) in [6, 6.07) is 13.2. The second-order valence-electron chi connectivity index (χ2n) is 6.35. The molecular formula is C22H19NO3. The predicted molar refractivity (Wildman–Crippen MR) is 101 cm³/mol. The van der Waals surface area contributed by atoms with Crippen LogP contribution in [0.2, 0.25) is 0 Å². The summed E-state index contributed by atoms with van der Waals surface area (Å²) in [6.07, 6.45) is 0. The second-order valence-corrected chi connectivity index (χ2v) is 6.35. The van der Waals surface area contributed by atoms with E-state index in [1.807, 2.05) is 50.2 Å². The van der Waals surface area contributed by atoms with Gasteiger partial charge in [0, 0.05) is 44.8 Å². The number of aryl methyl sites for hydroxylation is 2. The SMILES string of the molecule is COc1cccc2c1-c1cc(c(C)nc1C)-c1c(OC)cccc1C2=O. The van der Waals surface area contributed by atoms with Crippen LogP contribution in [-0.4, -0.2) is 25.0 Å². The smallest absolute Gasteiger partial charge is 0.194 e. The summed E-state index contributed by atoms with van der Waals surface area (Å²) in [6.45, 7) is 3.91. The number of carbonyl (C=O) groups is 1. The Bertz CT molecular complexity index is 975. The van der Waals surface area contributed by atoms with Crippen molar-refractivity contribution in [2.45, 2.75) is 13.8 Å². The molecule has 0 atom stereocenters. The lowest BCUT2D eigenvalue weighted by molar-refractivity contribution is 0.103. The second kappa shape index (κ2) is 5.99. The van der Waals surface area contributed by atoms with Gasteiger partial charge in [-0.3, -0.25) is 9.78 Å². The van der Waals surface area contributed by atoms with Crippen molar-refractivity contribution in [1.82, 2.24) is 4.98 Å². The van der Waals surface area contributed by atoms with Crippen molar-refractivity contribution in [2.24, 2.45) is 0 Å². The molecule has 3 aromatic rings. The molecule has 0 saturated heterocycles. The zero-order valence-corrected chi connectivity index (χ0v) is 15.2. The highest BCUT2D eigenvalue weighted by Gasteiger charge is 2.28. The lowest BCUT2D eigenvalue weighted by Gasteiger charge is -2.23. The van der Waals surface area contributed by atoms with Crippen molar-refractivity contribution in [3.8, 4) is 33.8 Å². The van der Waals surface area contributed by atoms with Crippen molar-refractivity contribution in [3.05, 3.63) is 65.0 Å². The molecule has 1 heterocycles. The van der Waals surface area contributed by atoms with Crippen molar-refractivity contribution in [3.63, 3.8) is 0 Å². The zero-order chi connectivity index (χ0) is 18.4. The van der Waals surface area contributed by atoms with Crippen LogP contribution < -0.4 is 9.47 Å². The predicted octanol–water partition coefficient (Wildman–Crippen LogP) is 4.59. The van der Waals surface area contributed by atoms with Gasteiger partial charge in [0.25, 0.3) is 0 Å². The molecule has 1 aromatic heterocycles. The number of ketones is 1. The van der Waals surface area contributed by atoms with E-state index in [2.05, 4.69) is 6.07 Å². The molecule has 0 spiro atoms. The summed E-state index contributed by atoms with van der Waals surface area (Å²) < 4.78 is 11.1. The van der Waals surface area contributed by atoms with Crippen molar-refractivity contribution < 1.29 is 14.3 Å². The van der Waals surface area contributed by atoms with Crippen LogP contribution >= 0.6 is 0 Å². The molecule has 4 rings (SSSR count). The Balaban J connectivity index is 2.22. The number of carbonyl (C=O) groups excluding carboxylic acids is 1. The highest BCUT2D eigenvalue weighted by Crippen LogP contribution is 2.44. The molecule has 0 aliphatic heterocycles. The third-order valence-electron chi connectivity index (χ3n) is 4.92. The minimum Gasteiger partial charge on any atom is -0.496 e. The van der Waals surface area contributed by atoms with Gasteiger partial charge in [-0.2, -0.15) is 0 Å². The summed E-state index contributed by atoms with van der Waals surface area (Å²) >= 11 is 0. The van der Waals surface area contributed by atoms with E-state index in [-0.39, 0.29) is 5.78 Å². The number of pyridine rings is 1. The molecule has 1 aliphatic rings. The average molecular weight is 345 g/mol. The molecule has 0 unspecified atom stereocenters. The Morgan fingerprint density at radius 3 is 1.62 bits per heavy atom. The molecule has 130 valence electrons. The molecule has 0 amide bonds. The lowest BCUT2D eigenvalue weighted by Crippen LogP contribution is -2.11. The molecule has 0 radical (unpaired) electrons. The molecule has 4 heteroatoms. The first-order chi connectivity index (χ1) is 12.6. The Labute approximate surface area is 152 Å². The third kappa shape index (κ3) is 2.22. The molecular weight excluding hydrogens is 326 g/mol. The van der Waals surface area contributed by atoms with E-state index in [4.69, 9.17) is 14.5 Å². The van der Waals surface area contributed by atoms with Crippen molar-refractivity contribution in [1.29, 1.82) is 0 Å². The van der Waals surface area contributed by atoms with Gasteiger partial charge in [0.2, 0.25) is 0 Å². The fourth-order valence-electron chi connectivity index (χ4n) is 3.71. The summed E-state index contributed by atoms with van der Waals surface area (Å²) in [5.74, 6) is 1.29. The first-order valence-corrected chi connectivity index (χ1v) is 8.44. The van der Waals surface area contributed by atoms with Crippen LogP contribution in [0.4, 0.5) is 0 Å². The number of methoxy groups -OCH3 is 2. The number of fused-ring (bicyclic) bond motifs is 6. The van der Waals surface area contributed by atoms with E-state index in [9.17, 15) is 4.79 Å². The minimum absolute atomic E-state index is 0.0431. The number of rotatable bonds is 2. The van der Waals surface area contributed by atoms with Gasteiger partial charge < -0.3 is 9.47 Å². The molecule has 0 fully saturated rings. The van der Waals surface area contributed by atoms with E-state index in [1.165, 1.54) is 0 Å². The summed E-state index contributed by atoms with van der Waals surface area (Å²) in [5, 5.41) is 0. The van der Waals surface area contributed by atoms with Gasteiger partial charge in [-0.15, -0.1) is 0 Å². The maximum absolute atomic E-state index is 13.5. The molecule has 26 heavy (non-hydrogen) atoms. The zero-order valence-electron chi connectivity index (χ0n) is 15.2. The van der Waals surface area contributed by atoms with Crippen LogP contribution in [0.1, 0.15) is 27.3 Å². The summed E-state index contributed by atoms with van der Waals surface area (Å²) in [5.41, 5.74) is 6.34. The number of aromatic nitrogens is 1. The maximum atomic E-state index is 13.5. The highest BCUT2D eigenvalue weighted by atomic mass is 16.5. The third-order valence-corrected chi connectivity index (χ3v) is 4.92. The van der Waals surface area contributed by atoms with Gasteiger partial charge in [0.05, 0.1) is 14.2 Å². The van der Waals surface area contributed by atoms with Gasteiger partial charge in [0.1, 0.15) is 11.5 Å². The van der Waals surface area contributed by atoms with Gasteiger partial charge in [-0.05, 0) is 32.0 Å². The summed E-state index contributed by atoms with van der Waals surface area (Å²) in [4.78, 5) is 18.2. The van der Waals surface area contributed by atoms with Crippen molar-refractivity contribution in [2.75, 3.05) is 14.2 Å². The maximum Gasteiger partial charge on any atom is 0.194 e. The number of benzene rings is 2. The van der Waals surface area contributed by atoms with Crippen LogP contribution in [0.25, 0.3) is 22.3 Å². The van der Waals surface area contributed by atoms with Crippen LogP contribution in [0.5, 0.6) is 11.5 Å². The van der Waals surface area contributed by atoms with Gasteiger partial charge >= 0.3 is 0 Å². The highest BCUT2D eigenvalue weighted by molar-refractivity contribution is 6.18. The number of ether oxygens (including phenoxy) is 2. The Morgan fingerprint density at radius 2 is 1.19 bits per heavy atom. The van der Waals surface area contributed by atoms with Crippen LogP contribution in [0.15, 0.2) is 42.5 Å². The number of hydrogen-bond donors (Lipinski definition) is 0. The molecule has 1 aliphatic carbocycles. The Morgan fingerprint density at radius 1 is 0.731 bits per heavy atom. The molecule has 0 N–H and O–H groups in total. The quantitative estimate of drug-likeness (QED) is 0.533. The Kier molecular flexibility index (Phi) is 3.76. The first kappa shape index (κ1) is 16.3. The van der Waals surface area contributed by atoms with Crippen LogP contribution in [-0.2, 0) is 0 Å². The van der Waals surface area contributed by atoms with Gasteiger partial charge in [-0.25, -0.2) is 0 Å². The Hall–Kier alpha value is -3.14. The monoisotopic (exact) mass is 345 g/mol. The number of hydrogen-bond acceptors (Lipinski definition) is 4. The molecule has 4 nitrogen and oxygen atoms in total. The van der Waals surface area contributed by atoms with Crippen LogP contribution in [0.3, 0.4) is 0 Å². The standard InChI is InChI=1S/C22H19NO3/c1-12-16-11-17(13(2)23-12)21-15(8-6-10-19(21)26-4)22(24)14-7-5-9-18(25-3)20(14)16/h5-11H,1-4H3. The van der Waals surface area contributed by atoms with E-state index in [0.29, 0.717) is 22.6 Å². The first-order valence-electron chi connectivity index (χ1n) is 8.44.